The molecule has 2 aromatic heterocycles. The van der Waals surface area contributed by atoms with Crippen LogP contribution in [0.4, 0.5) is 0 Å². The fraction of sp³-hybridized carbons (Fsp3) is 0.346. The van der Waals surface area contributed by atoms with Crippen molar-refractivity contribution in [2.75, 3.05) is 6.54 Å². The van der Waals surface area contributed by atoms with Crippen molar-refractivity contribution in [2.45, 2.75) is 45.1 Å². The first-order valence-corrected chi connectivity index (χ1v) is 14.1. The molecule has 1 atom stereocenters. The zero-order valence-corrected chi connectivity index (χ0v) is 22.2. The van der Waals surface area contributed by atoms with Crippen molar-refractivity contribution in [3.63, 3.8) is 0 Å². The van der Waals surface area contributed by atoms with E-state index in [9.17, 15) is 13.2 Å². The van der Waals surface area contributed by atoms with Gasteiger partial charge in [0.1, 0.15) is 17.4 Å². The van der Waals surface area contributed by atoms with Gasteiger partial charge in [-0.25, -0.2) is 18.2 Å². The lowest BCUT2D eigenvalue weighted by Crippen LogP contribution is -2.31. The zero-order chi connectivity index (χ0) is 25.7. The molecule has 0 fully saturated rings. The molecule has 1 unspecified atom stereocenters. The molecule has 8 nitrogen and oxygen atoms in total. The summed E-state index contributed by atoms with van der Waals surface area (Å²) in [6.45, 7) is 6.74. The second-order valence-electron chi connectivity index (χ2n) is 9.26. The van der Waals surface area contributed by atoms with E-state index >= 15 is 0 Å². The number of para-hydroxylation sites is 1. The Hall–Kier alpha value is -3.08. The highest BCUT2D eigenvalue weighted by Crippen LogP contribution is 2.22. The lowest BCUT2D eigenvalue weighted by molar-refractivity contribution is 0.307. The van der Waals surface area contributed by atoms with Gasteiger partial charge in [-0.05, 0) is 61.6 Å². The van der Waals surface area contributed by atoms with E-state index in [1.165, 1.54) is 0 Å². The van der Waals surface area contributed by atoms with Crippen LogP contribution in [0.1, 0.15) is 36.5 Å². The molecule has 0 saturated carbocycles. The Kier molecular flexibility index (Phi) is 8.17. The highest BCUT2D eigenvalue weighted by atomic mass is 32.2. The predicted molar refractivity (Wildman–Crippen MR) is 142 cm³/mol. The molecule has 2 heterocycles. The van der Waals surface area contributed by atoms with Crippen LogP contribution in [0.15, 0.2) is 64.3 Å². The number of aromatic nitrogens is 3. The molecule has 4 aromatic rings. The number of H-pyrrole nitrogens is 1. The average Bonchev–Trinajstić information content (AvgIpc) is 3.25. The van der Waals surface area contributed by atoms with Crippen molar-refractivity contribution in [1.82, 2.24) is 19.9 Å². The highest BCUT2D eigenvalue weighted by molar-refractivity contribution is 7.89. The maximum Gasteiger partial charge on any atom is 0.322 e. The lowest BCUT2D eigenvalue weighted by Gasteiger charge is -2.18. The van der Waals surface area contributed by atoms with E-state index in [-0.39, 0.29) is 22.2 Å². The smallest absolute Gasteiger partial charge is 0.322 e. The molecule has 0 aliphatic rings. The van der Waals surface area contributed by atoms with Crippen LogP contribution in [0.3, 0.4) is 0 Å². The van der Waals surface area contributed by atoms with Gasteiger partial charge < -0.3 is 4.74 Å². The van der Waals surface area contributed by atoms with Gasteiger partial charge in [-0.1, -0.05) is 43.4 Å². The summed E-state index contributed by atoms with van der Waals surface area (Å²) < 4.78 is 34.5. The van der Waals surface area contributed by atoms with Crippen LogP contribution in [0.5, 0.6) is 5.75 Å². The monoisotopic (exact) mass is 526 g/mol. The molecule has 0 saturated heterocycles. The van der Waals surface area contributed by atoms with Crippen LogP contribution in [0.2, 0.25) is 0 Å². The number of rotatable bonds is 11. The Labute approximate surface area is 214 Å². The molecular weight excluding hydrogens is 496 g/mol. The number of ether oxygens (including phenoxy) is 1. The molecule has 10 heteroatoms. The summed E-state index contributed by atoms with van der Waals surface area (Å²) in [5, 5.41) is 8.16. The van der Waals surface area contributed by atoms with E-state index in [0.717, 1.165) is 39.9 Å². The summed E-state index contributed by atoms with van der Waals surface area (Å²) in [6, 6.07) is 16.3. The first kappa shape index (κ1) is 26.0. The van der Waals surface area contributed by atoms with E-state index in [0.29, 0.717) is 29.7 Å². The van der Waals surface area contributed by atoms with Gasteiger partial charge in [0.15, 0.2) is 0 Å². The second-order valence-corrected chi connectivity index (χ2v) is 12.1. The van der Waals surface area contributed by atoms with Crippen molar-refractivity contribution in [3.05, 3.63) is 80.5 Å². The molecule has 0 spiro atoms. The molecule has 2 aromatic carbocycles. The fourth-order valence-electron chi connectivity index (χ4n) is 4.20. The van der Waals surface area contributed by atoms with Crippen LogP contribution in [-0.4, -0.2) is 30.1 Å². The molecule has 0 bridgehead atoms. The first-order valence-electron chi connectivity index (χ1n) is 11.8. The van der Waals surface area contributed by atoms with Crippen LogP contribution >= 0.6 is 11.3 Å². The summed E-state index contributed by atoms with van der Waals surface area (Å²) in [7, 11) is -3.70. The number of nitrogens with zero attached hydrogens (tertiary/aromatic N) is 2. The van der Waals surface area contributed by atoms with E-state index in [1.54, 1.807) is 24.3 Å². The molecule has 0 aliphatic heterocycles. The largest absolute Gasteiger partial charge is 0.489 e. The molecule has 36 heavy (non-hydrogen) atoms. The van der Waals surface area contributed by atoms with Crippen LogP contribution in [-0.2, 0) is 23.1 Å². The van der Waals surface area contributed by atoms with Gasteiger partial charge in [-0.2, -0.15) is 5.10 Å². The van der Waals surface area contributed by atoms with Crippen LogP contribution < -0.4 is 14.3 Å². The van der Waals surface area contributed by atoms with Gasteiger partial charge in [0.25, 0.3) is 0 Å². The first-order chi connectivity index (χ1) is 17.2. The molecule has 0 amide bonds. The van der Waals surface area contributed by atoms with Crippen molar-refractivity contribution in [1.29, 1.82) is 0 Å². The Morgan fingerprint density at radius 2 is 1.86 bits per heavy atom. The topological polar surface area (TPSA) is 114 Å². The standard InChI is InChI=1S/C26H30N4O4S2/c1-17(2)12-19(14-25-29-30-26(31)35-25)15-27-36(32,33)22-10-8-21(9-11-22)34-16-20-13-18(3)28-24-7-5-4-6-23(20)24/h4-11,13,17,19,27H,12,14-16H2,1-3H3,(H,30,31). The molecule has 190 valence electrons. The average molecular weight is 527 g/mol. The summed E-state index contributed by atoms with van der Waals surface area (Å²) in [4.78, 5) is 15.9. The quantitative estimate of drug-likeness (QED) is 0.298. The van der Waals surface area contributed by atoms with Gasteiger partial charge in [-0.15, -0.1) is 0 Å². The summed E-state index contributed by atoms with van der Waals surface area (Å²) in [6.07, 6.45) is 1.35. The third kappa shape index (κ3) is 6.77. The van der Waals surface area contributed by atoms with Gasteiger partial charge in [0.05, 0.1) is 10.4 Å². The number of pyridine rings is 1. The number of nitrogens with one attached hydrogen (secondary N) is 2. The number of fused-ring (bicyclic) bond motifs is 1. The van der Waals surface area contributed by atoms with E-state index in [4.69, 9.17) is 4.74 Å². The van der Waals surface area contributed by atoms with Gasteiger partial charge >= 0.3 is 4.87 Å². The fourth-order valence-corrected chi connectivity index (χ4v) is 6.03. The van der Waals surface area contributed by atoms with Crippen molar-refractivity contribution in [2.24, 2.45) is 11.8 Å². The molecule has 0 aliphatic carbocycles. The Morgan fingerprint density at radius 3 is 2.56 bits per heavy atom. The predicted octanol–water partition coefficient (Wildman–Crippen LogP) is 4.45. The maximum atomic E-state index is 12.9. The molecule has 4 rings (SSSR count). The number of hydrogen-bond donors (Lipinski definition) is 2. The van der Waals surface area contributed by atoms with E-state index in [2.05, 4.69) is 33.8 Å². The van der Waals surface area contributed by atoms with Crippen molar-refractivity contribution in [3.8, 4) is 5.75 Å². The third-order valence-electron chi connectivity index (χ3n) is 5.77. The van der Waals surface area contributed by atoms with Crippen LogP contribution in [0, 0.1) is 18.8 Å². The van der Waals surface area contributed by atoms with Gasteiger partial charge in [0.2, 0.25) is 10.0 Å². The zero-order valence-electron chi connectivity index (χ0n) is 20.5. The number of benzene rings is 2. The molecular formula is C26H30N4O4S2. The van der Waals surface area contributed by atoms with Gasteiger partial charge in [-0.3, -0.25) is 9.78 Å². The minimum atomic E-state index is -3.70. The van der Waals surface area contributed by atoms with Crippen molar-refractivity contribution < 1.29 is 13.2 Å². The summed E-state index contributed by atoms with van der Waals surface area (Å²) in [5.74, 6) is 0.992. The summed E-state index contributed by atoms with van der Waals surface area (Å²) in [5.41, 5.74) is 2.85. The number of sulfonamides is 1. The highest BCUT2D eigenvalue weighted by Gasteiger charge is 2.20. The lowest BCUT2D eigenvalue weighted by atomic mass is 9.95. The minimum absolute atomic E-state index is 0.0278. The molecule has 0 radical (unpaired) electrons. The maximum absolute atomic E-state index is 12.9. The number of hydrogen-bond acceptors (Lipinski definition) is 7. The minimum Gasteiger partial charge on any atom is -0.489 e. The Morgan fingerprint density at radius 1 is 1.11 bits per heavy atom. The summed E-state index contributed by atoms with van der Waals surface area (Å²) >= 11 is 1.06. The third-order valence-corrected chi connectivity index (χ3v) is 7.98. The van der Waals surface area contributed by atoms with Gasteiger partial charge in [0, 0.05) is 29.6 Å². The molecule has 2 N–H and O–H groups in total. The normalized spacial score (nSPS) is 12.8. The van der Waals surface area contributed by atoms with Crippen LogP contribution in [0.25, 0.3) is 10.9 Å². The van der Waals surface area contributed by atoms with E-state index in [1.807, 2.05) is 37.3 Å². The van der Waals surface area contributed by atoms with E-state index < -0.39 is 10.0 Å². The SMILES string of the molecule is Cc1cc(COc2ccc(S(=O)(=O)NCC(Cc3n[nH]c(=O)s3)CC(C)C)cc2)c2ccccc2n1. The second kappa shape index (κ2) is 11.3. The Bertz CT molecular complexity index is 1480. The van der Waals surface area contributed by atoms with Crippen molar-refractivity contribution >= 4 is 32.3 Å². The Balaban J connectivity index is 1.39. The number of aryl methyl sites for hydroxylation is 1. The number of aromatic amines is 1.